The number of carbonyl (C=O) groups excluding carboxylic acids is 2. The number of hydrogen-bond donors (Lipinski definition) is 1. The average Bonchev–Trinajstić information content (AvgIpc) is 2.74. The third-order valence-corrected chi connectivity index (χ3v) is 4.93. The van der Waals surface area contributed by atoms with Gasteiger partial charge in [-0.15, -0.1) is 0 Å². The summed E-state index contributed by atoms with van der Waals surface area (Å²) in [7, 11) is 1.60. The molecule has 2 aromatic rings. The first-order valence-corrected chi connectivity index (χ1v) is 9.27. The molecule has 1 aliphatic rings. The van der Waals surface area contributed by atoms with E-state index in [1.54, 1.807) is 37.6 Å². The van der Waals surface area contributed by atoms with Crippen LogP contribution >= 0.6 is 0 Å². The molecule has 1 fully saturated rings. The molecule has 0 spiro atoms. The van der Waals surface area contributed by atoms with E-state index in [-0.39, 0.29) is 17.7 Å². The number of aromatic nitrogens is 1. The largest absolute Gasteiger partial charge is 0.497 e. The molecule has 0 saturated carbocycles. The van der Waals surface area contributed by atoms with Crippen LogP contribution in [0, 0.1) is 5.92 Å². The van der Waals surface area contributed by atoms with E-state index in [2.05, 4.69) is 10.3 Å². The van der Waals surface area contributed by atoms with Gasteiger partial charge in [-0.2, -0.15) is 0 Å². The fraction of sp³-hybridized carbons (Fsp3) is 0.381. The molecule has 6 heteroatoms. The van der Waals surface area contributed by atoms with Crippen molar-refractivity contribution in [3.05, 3.63) is 59.9 Å². The van der Waals surface area contributed by atoms with Crippen molar-refractivity contribution in [3.8, 4) is 5.75 Å². The molecule has 3 rings (SSSR count). The first kappa shape index (κ1) is 18.9. The van der Waals surface area contributed by atoms with Gasteiger partial charge in [0, 0.05) is 43.5 Å². The molecular formula is C21H25N3O3. The zero-order valence-corrected chi connectivity index (χ0v) is 15.6. The minimum Gasteiger partial charge on any atom is -0.497 e. The second-order valence-corrected chi connectivity index (χ2v) is 6.70. The molecule has 2 heterocycles. The maximum absolute atomic E-state index is 12.6. The highest BCUT2D eigenvalue weighted by atomic mass is 16.5. The highest BCUT2D eigenvalue weighted by molar-refractivity contribution is 5.94. The molecule has 0 bridgehead atoms. The van der Waals surface area contributed by atoms with Crippen molar-refractivity contribution in [1.82, 2.24) is 15.2 Å². The Bertz CT molecular complexity index is 754. The van der Waals surface area contributed by atoms with Crippen LogP contribution in [0.1, 0.15) is 28.8 Å². The minimum atomic E-state index is -0.0289. The van der Waals surface area contributed by atoms with Gasteiger partial charge in [0.1, 0.15) is 5.75 Å². The molecular weight excluding hydrogens is 342 g/mol. The van der Waals surface area contributed by atoms with Crippen LogP contribution in [0.5, 0.6) is 5.75 Å². The van der Waals surface area contributed by atoms with Crippen molar-refractivity contribution in [1.29, 1.82) is 0 Å². The van der Waals surface area contributed by atoms with Crippen molar-refractivity contribution in [3.63, 3.8) is 0 Å². The number of hydrogen-bond acceptors (Lipinski definition) is 4. The fourth-order valence-corrected chi connectivity index (χ4v) is 3.28. The number of benzene rings is 1. The highest BCUT2D eigenvalue weighted by Gasteiger charge is 2.27. The molecule has 6 nitrogen and oxygen atoms in total. The normalized spacial score (nSPS) is 14.6. The summed E-state index contributed by atoms with van der Waals surface area (Å²) >= 11 is 0. The van der Waals surface area contributed by atoms with Gasteiger partial charge in [-0.25, -0.2) is 0 Å². The minimum absolute atomic E-state index is 0.00749. The fourth-order valence-electron chi connectivity index (χ4n) is 3.28. The Morgan fingerprint density at radius 3 is 2.56 bits per heavy atom. The lowest BCUT2D eigenvalue weighted by molar-refractivity contribution is -0.126. The van der Waals surface area contributed by atoms with Crippen LogP contribution in [0.15, 0.2) is 48.8 Å². The molecule has 1 aliphatic heterocycles. The summed E-state index contributed by atoms with van der Waals surface area (Å²) in [6.07, 6.45) is 5.72. The summed E-state index contributed by atoms with van der Waals surface area (Å²) in [6, 6.07) is 11.0. The number of likely N-dealkylation sites (tertiary alicyclic amines) is 1. The molecule has 27 heavy (non-hydrogen) atoms. The van der Waals surface area contributed by atoms with Gasteiger partial charge in [-0.1, -0.05) is 6.07 Å². The number of rotatable bonds is 6. The number of ether oxygens (including phenoxy) is 1. The van der Waals surface area contributed by atoms with Crippen molar-refractivity contribution in [2.45, 2.75) is 19.3 Å². The SMILES string of the molecule is COc1ccc(C(=O)N2CCC(C(=O)NCCc3cccnc3)CC2)cc1. The second kappa shape index (κ2) is 9.16. The van der Waals surface area contributed by atoms with Gasteiger partial charge >= 0.3 is 0 Å². The number of nitrogens with zero attached hydrogens (tertiary/aromatic N) is 2. The molecule has 0 unspecified atom stereocenters. The molecule has 0 aliphatic carbocycles. The maximum atomic E-state index is 12.6. The van der Waals surface area contributed by atoms with E-state index in [1.165, 1.54) is 0 Å². The lowest BCUT2D eigenvalue weighted by Gasteiger charge is -2.31. The Hall–Kier alpha value is -2.89. The third kappa shape index (κ3) is 5.06. The Labute approximate surface area is 159 Å². The van der Waals surface area contributed by atoms with Gasteiger partial charge in [0.25, 0.3) is 5.91 Å². The average molecular weight is 367 g/mol. The summed E-state index contributed by atoms with van der Waals surface area (Å²) in [4.78, 5) is 30.8. The molecule has 1 aromatic carbocycles. The van der Waals surface area contributed by atoms with Crippen LogP contribution < -0.4 is 10.1 Å². The Morgan fingerprint density at radius 1 is 1.19 bits per heavy atom. The van der Waals surface area contributed by atoms with Crippen LogP contribution in [0.3, 0.4) is 0 Å². The smallest absolute Gasteiger partial charge is 0.253 e. The van der Waals surface area contributed by atoms with Gasteiger partial charge in [0.05, 0.1) is 7.11 Å². The maximum Gasteiger partial charge on any atom is 0.253 e. The molecule has 1 aromatic heterocycles. The molecule has 1 saturated heterocycles. The second-order valence-electron chi connectivity index (χ2n) is 6.70. The van der Waals surface area contributed by atoms with Crippen molar-refractivity contribution >= 4 is 11.8 Å². The zero-order chi connectivity index (χ0) is 19.1. The standard InChI is InChI=1S/C21H25N3O3/c1-27-19-6-4-18(5-7-19)21(26)24-13-9-17(10-14-24)20(25)23-12-8-16-3-2-11-22-15-16/h2-7,11,15,17H,8-10,12-14H2,1H3,(H,23,25). The van der Waals surface area contributed by atoms with Crippen molar-refractivity contribution in [2.24, 2.45) is 5.92 Å². The van der Waals surface area contributed by atoms with E-state index >= 15 is 0 Å². The molecule has 0 radical (unpaired) electrons. The topological polar surface area (TPSA) is 71.5 Å². The predicted octanol–water partition coefficient (Wildman–Crippen LogP) is 2.30. The summed E-state index contributed by atoms with van der Waals surface area (Å²) in [5.74, 6) is 0.788. The number of pyridine rings is 1. The van der Waals surface area contributed by atoms with Gasteiger partial charge in [-0.3, -0.25) is 14.6 Å². The number of nitrogens with one attached hydrogen (secondary N) is 1. The van der Waals surface area contributed by atoms with Crippen molar-refractivity contribution in [2.75, 3.05) is 26.7 Å². The highest BCUT2D eigenvalue weighted by Crippen LogP contribution is 2.20. The van der Waals surface area contributed by atoms with Gasteiger partial charge in [0.2, 0.25) is 5.91 Å². The third-order valence-electron chi connectivity index (χ3n) is 4.93. The first-order valence-electron chi connectivity index (χ1n) is 9.27. The number of amides is 2. The van der Waals surface area contributed by atoms with Crippen LogP contribution in [-0.2, 0) is 11.2 Å². The summed E-state index contributed by atoms with van der Waals surface area (Å²) in [5.41, 5.74) is 1.76. The van der Waals surface area contributed by atoms with E-state index in [0.717, 1.165) is 17.7 Å². The number of carbonyl (C=O) groups is 2. The summed E-state index contributed by atoms with van der Waals surface area (Å²) in [5, 5.41) is 3.01. The Balaban J connectivity index is 1.43. The number of piperidine rings is 1. The van der Waals surface area contributed by atoms with Gasteiger partial charge in [0.15, 0.2) is 0 Å². The van der Waals surface area contributed by atoms with E-state index in [0.29, 0.717) is 38.0 Å². The van der Waals surface area contributed by atoms with Crippen LogP contribution in [0.4, 0.5) is 0 Å². The van der Waals surface area contributed by atoms with Gasteiger partial charge < -0.3 is 15.0 Å². The first-order chi connectivity index (χ1) is 13.2. The zero-order valence-electron chi connectivity index (χ0n) is 15.6. The van der Waals surface area contributed by atoms with E-state index < -0.39 is 0 Å². The molecule has 1 N–H and O–H groups in total. The Morgan fingerprint density at radius 2 is 1.93 bits per heavy atom. The van der Waals surface area contributed by atoms with E-state index in [4.69, 9.17) is 4.74 Å². The van der Waals surface area contributed by atoms with Crippen LogP contribution in [-0.4, -0.2) is 48.4 Å². The monoisotopic (exact) mass is 367 g/mol. The predicted molar refractivity (Wildman–Crippen MR) is 103 cm³/mol. The van der Waals surface area contributed by atoms with E-state index in [9.17, 15) is 9.59 Å². The van der Waals surface area contributed by atoms with Crippen LogP contribution in [0.2, 0.25) is 0 Å². The van der Waals surface area contributed by atoms with Gasteiger partial charge in [-0.05, 0) is 55.2 Å². The quantitative estimate of drug-likeness (QED) is 0.850. The lowest BCUT2D eigenvalue weighted by atomic mass is 9.95. The molecule has 0 atom stereocenters. The molecule has 142 valence electrons. The summed E-state index contributed by atoms with van der Waals surface area (Å²) < 4.78 is 5.12. The van der Waals surface area contributed by atoms with Crippen molar-refractivity contribution < 1.29 is 14.3 Å². The van der Waals surface area contributed by atoms with Crippen LogP contribution in [0.25, 0.3) is 0 Å². The lowest BCUT2D eigenvalue weighted by Crippen LogP contribution is -2.43. The molecule has 2 amide bonds. The number of methoxy groups -OCH3 is 1. The Kier molecular flexibility index (Phi) is 6.41. The summed E-state index contributed by atoms with van der Waals surface area (Å²) in [6.45, 7) is 1.81. The van der Waals surface area contributed by atoms with E-state index in [1.807, 2.05) is 23.2 Å².